The van der Waals surface area contributed by atoms with Gasteiger partial charge < -0.3 is 15.2 Å². The van der Waals surface area contributed by atoms with Crippen molar-refractivity contribution in [1.82, 2.24) is 9.97 Å². The molecule has 0 unspecified atom stereocenters. The van der Waals surface area contributed by atoms with Crippen LogP contribution < -0.4 is 15.2 Å². The van der Waals surface area contributed by atoms with Gasteiger partial charge in [-0.2, -0.15) is 4.98 Å². The standard InChI is InChI=1S/C12H13N3O2S/c1-16-8-3-5-9(6-4-8)18-12-10(13)11(17-2)14-7-15-12/h3-7H,13H2,1-2H3. The normalized spacial score (nSPS) is 10.1. The van der Waals surface area contributed by atoms with E-state index in [1.165, 1.54) is 25.2 Å². The fourth-order valence-electron chi connectivity index (χ4n) is 1.36. The van der Waals surface area contributed by atoms with Crippen molar-refractivity contribution in [2.24, 2.45) is 0 Å². The summed E-state index contributed by atoms with van der Waals surface area (Å²) in [7, 11) is 3.16. The first-order chi connectivity index (χ1) is 8.74. The van der Waals surface area contributed by atoms with Gasteiger partial charge in [0.15, 0.2) is 0 Å². The van der Waals surface area contributed by atoms with Crippen LogP contribution in [0.25, 0.3) is 0 Å². The fraction of sp³-hybridized carbons (Fsp3) is 0.167. The van der Waals surface area contributed by atoms with E-state index in [0.29, 0.717) is 16.6 Å². The van der Waals surface area contributed by atoms with Gasteiger partial charge >= 0.3 is 0 Å². The third-order valence-electron chi connectivity index (χ3n) is 2.28. The predicted molar refractivity (Wildman–Crippen MR) is 70.1 cm³/mol. The van der Waals surface area contributed by atoms with Gasteiger partial charge in [0.25, 0.3) is 0 Å². The van der Waals surface area contributed by atoms with Crippen molar-refractivity contribution < 1.29 is 9.47 Å². The third kappa shape index (κ3) is 2.65. The molecular weight excluding hydrogens is 250 g/mol. The molecule has 0 aliphatic rings. The molecule has 2 aromatic rings. The highest BCUT2D eigenvalue weighted by molar-refractivity contribution is 7.99. The monoisotopic (exact) mass is 263 g/mol. The predicted octanol–water partition coefficient (Wildman–Crippen LogP) is 2.23. The molecular formula is C12H13N3O2S. The Labute approximate surface area is 109 Å². The lowest BCUT2D eigenvalue weighted by Crippen LogP contribution is -1.99. The molecule has 0 bridgehead atoms. The average molecular weight is 263 g/mol. The van der Waals surface area contributed by atoms with E-state index in [4.69, 9.17) is 15.2 Å². The first-order valence-electron chi connectivity index (χ1n) is 5.21. The van der Waals surface area contributed by atoms with Crippen LogP contribution in [0.3, 0.4) is 0 Å². The summed E-state index contributed by atoms with van der Waals surface area (Å²) >= 11 is 1.45. The third-order valence-corrected chi connectivity index (χ3v) is 3.30. The quantitative estimate of drug-likeness (QED) is 0.853. The van der Waals surface area contributed by atoms with Crippen molar-refractivity contribution in [2.45, 2.75) is 9.92 Å². The molecule has 0 saturated heterocycles. The van der Waals surface area contributed by atoms with Crippen LogP contribution >= 0.6 is 11.8 Å². The summed E-state index contributed by atoms with van der Waals surface area (Å²) in [6.45, 7) is 0. The molecule has 0 aliphatic carbocycles. The molecule has 6 heteroatoms. The molecule has 2 rings (SSSR count). The summed E-state index contributed by atoms with van der Waals surface area (Å²) in [5.74, 6) is 1.20. The maximum Gasteiger partial charge on any atom is 0.241 e. The van der Waals surface area contributed by atoms with Gasteiger partial charge in [0.2, 0.25) is 5.88 Å². The first kappa shape index (κ1) is 12.5. The molecule has 0 spiro atoms. The Hall–Kier alpha value is -1.95. The van der Waals surface area contributed by atoms with Gasteiger partial charge in [-0.3, -0.25) is 0 Å². The molecule has 1 aromatic carbocycles. The molecule has 0 amide bonds. The van der Waals surface area contributed by atoms with E-state index in [1.54, 1.807) is 7.11 Å². The minimum absolute atomic E-state index is 0.390. The number of ether oxygens (including phenoxy) is 2. The molecule has 2 N–H and O–H groups in total. The van der Waals surface area contributed by atoms with E-state index in [-0.39, 0.29) is 0 Å². The smallest absolute Gasteiger partial charge is 0.241 e. The second kappa shape index (κ2) is 5.59. The number of nitrogen functional groups attached to an aromatic ring is 1. The van der Waals surface area contributed by atoms with Gasteiger partial charge in [-0.25, -0.2) is 4.98 Å². The molecule has 5 nitrogen and oxygen atoms in total. The van der Waals surface area contributed by atoms with Crippen LogP contribution in [0.1, 0.15) is 0 Å². The van der Waals surface area contributed by atoms with Crippen LogP contribution in [0.2, 0.25) is 0 Å². The number of hydrogen-bond acceptors (Lipinski definition) is 6. The lowest BCUT2D eigenvalue weighted by Gasteiger charge is -2.07. The van der Waals surface area contributed by atoms with Crippen molar-refractivity contribution in [2.75, 3.05) is 20.0 Å². The van der Waals surface area contributed by atoms with Gasteiger partial charge in [-0.15, -0.1) is 0 Å². The first-order valence-corrected chi connectivity index (χ1v) is 6.02. The largest absolute Gasteiger partial charge is 0.497 e. The van der Waals surface area contributed by atoms with E-state index in [1.807, 2.05) is 24.3 Å². The zero-order valence-electron chi connectivity index (χ0n) is 10.1. The van der Waals surface area contributed by atoms with E-state index in [0.717, 1.165) is 10.6 Å². The molecule has 94 valence electrons. The molecule has 18 heavy (non-hydrogen) atoms. The molecule has 0 aliphatic heterocycles. The van der Waals surface area contributed by atoms with Crippen LogP contribution in [-0.4, -0.2) is 24.2 Å². The van der Waals surface area contributed by atoms with E-state index >= 15 is 0 Å². The number of aromatic nitrogens is 2. The highest BCUT2D eigenvalue weighted by atomic mass is 32.2. The van der Waals surface area contributed by atoms with Gasteiger partial charge in [0.05, 0.1) is 14.2 Å². The van der Waals surface area contributed by atoms with Crippen LogP contribution in [0.15, 0.2) is 40.5 Å². The molecule has 0 saturated carbocycles. The zero-order valence-corrected chi connectivity index (χ0v) is 10.9. The minimum atomic E-state index is 0.390. The Balaban J connectivity index is 2.22. The van der Waals surface area contributed by atoms with Gasteiger partial charge in [0, 0.05) is 4.90 Å². The Morgan fingerprint density at radius 1 is 1.06 bits per heavy atom. The lowest BCUT2D eigenvalue weighted by atomic mass is 10.3. The van der Waals surface area contributed by atoms with Crippen LogP contribution in [0.5, 0.6) is 11.6 Å². The maximum absolute atomic E-state index is 5.90. The van der Waals surface area contributed by atoms with Crippen molar-refractivity contribution >= 4 is 17.4 Å². The van der Waals surface area contributed by atoms with Crippen molar-refractivity contribution in [3.8, 4) is 11.6 Å². The molecule has 1 heterocycles. The summed E-state index contributed by atoms with van der Waals surface area (Å²) in [6, 6.07) is 7.66. The Kier molecular flexibility index (Phi) is 3.88. The molecule has 0 fully saturated rings. The van der Waals surface area contributed by atoms with Crippen molar-refractivity contribution in [3.63, 3.8) is 0 Å². The molecule has 1 aromatic heterocycles. The van der Waals surface area contributed by atoms with Crippen molar-refractivity contribution in [3.05, 3.63) is 30.6 Å². The van der Waals surface area contributed by atoms with Crippen LogP contribution in [0, 0.1) is 0 Å². The average Bonchev–Trinajstić information content (AvgIpc) is 2.42. The summed E-state index contributed by atoms with van der Waals surface area (Å²) in [5.41, 5.74) is 6.35. The SMILES string of the molecule is COc1ccc(Sc2ncnc(OC)c2N)cc1. The Morgan fingerprint density at radius 2 is 1.78 bits per heavy atom. The maximum atomic E-state index is 5.90. The summed E-state index contributed by atoms with van der Waals surface area (Å²) < 4.78 is 10.2. The van der Waals surface area contributed by atoms with Crippen LogP contribution in [-0.2, 0) is 0 Å². The highest BCUT2D eigenvalue weighted by Crippen LogP contribution is 2.34. The number of methoxy groups -OCH3 is 2. The minimum Gasteiger partial charge on any atom is -0.497 e. The summed E-state index contributed by atoms with van der Waals surface area (Å²) in [5, 5.41) is 0.673. The van der Waals surface area contributed by atoms with Gasteiger partial charge in [0.1, 0.15) is 22.8 Å². The number of rotatable bonds is 4. The number of benzene rings is 1. The number of hydrogen-bond donors (Lipinski definition) is 1. The molecule has 0 radical (unpaired) electrons. The summed E-state index contributed by atoms with van der Waals surface area (Å²) in [4.78, 5) is 9.09. The summed E-state index contributed by atoms with van der Waals surface area (Å²) in [6.07, 6.45) is 1.43. The number of nitrogens with zero attached hydrogens (tertiary/aromatic N) is 2. The van der Waals surface area contributed by atoms with Crippen LogP contribution in [0.4, 0.5) is 5.69 Å². The topological polar surface area (TPSA) is 70.3 Å². The number of nitrogens with two attached hydrogens (primary N) is 1. The Morgan fingerprint density at radius 3 is 2.39 bits per heavy atom. The Bertz CT molecular complexity index is 531. The van der Waals surface area contributed by atoms with Gasteiger partial charge in [-0.05, 0) is 24.3 Å². The molecule has 0 atom stereocenters. The second-order valence-electron chi connectivity index (χ2n) is 3.38. The second-order valence-corrected chi connectivity index (χ2v) is 4.44. The lowest BCUT2D eigenvalue weighted by molar-refractivity contribution is 0.397. The fourth-order valence-corrected chi connectivity index (χ4v) is 2.16. The van der Waals surface area contributed by atoms with E-state index in [2.05, 4.69) is 9.97 Å². The van der Waals surface area contributed by atoms with E-state index < -0.39 is 0 Å². The highest BCUT2D eigenvalue weighted by Gasteiger charge is 2.09. The van der Waals surface area contributed by atoms with E-state index in [9.17, 15) is 0 Å². The van der Waals surface area contributed by atoms with Crippen molar-refractivity contribution in [1.29, 1.82) is 0 Å². The zero-order chi connectivity index (χ0) is 13.0. The number of anilines is 1. The van der Waals surface area contributed by atoms with Gasteiger partial charge in [-0.1, -0.05) is 11.8 Å².